The molecule has 0 radical (unpaired) electrons. The van der Waals surface area contributed by atoms with Crippen molar-refractivity contribution >= 4 is 29.2 Å². The third-order valence-electron chi connectivity index (χ3n) is 7.59. The SMILES string of the molecule is CCC(CC)NC(=O)Nc1ccc(Oc2ccc(NC(=O)c3ccc(C(=O)N4CCN(CC)CC4)cc3)cc2C)cc1. The highest BCUT2D eigenvalue weighted by Crippen LogP contribution is 2.28. The Labute approximate surface area is 248 Å². The summed E-state index contributed by atoms with van der Waals surface area (Å²) in [6.45, 7) is 12.3. The van der Waals surface area contributed by atoms with Gasteiger partial charge in [-0.3, -0.25) is 9.59 Å². The van der Waals surface area contributed by atoms with E-state index in [0.717, 1.165) is 38.0 Å². The van der Waals surface area contributed by atoms with Gasteiger partial charge in [-0.2, -0.15) is 0 Å². The van der Waals surface area contributed by atoms with Gasteiger partial charge in [-0.1, -0.05) is 20.8 Å². The Morgan fingerprint density at radius 2 is 1.40 bits per heavy atom. The molecule has 0 spiro atoms. The minimum atomic E-state index is -0.255. The van der Waals surface area contributed by atoms with Crippen LogP contribution in [0.15, 0.2) is 66.7 Å². The Kier molecular flexibility index (Phi) is 10.6. The molecule has 4 rings (SSSR count). The molecule has 9 heteroatoms. The number of rotatable bonds is 10. The van der Waals surface area contributed by atoms with Crippen molar-refractivity contribution < 1.29 is 19.1 Å². The molecule has 222 valence electrons. The van der Waals surface area contributed by atoms with Crippen LogP contribution in [0, 0.1) is 6.92 Å². The zero-order valence-electron chi connectivity index (χ0n) is 24.9. The number of ether oxygens (including phenoxy) is 1. The quantitative estimate of drug-likeness (QED) is 0.272. The van der Waals surface area contributed by atoms with Crippen LogP contribution in [0.4, 0.5) is 16.2 Å². The molecule has 0 atom stereocenters. The number of likely N-dealkylation sites (N-methyl/N-ethyl adjacent to an activating group) is 1. The molecule has 9 nitrogen and oxygen atoms in total. The number of anilines is 2. The standard InChI is InChI=1S/C33H41N5O4/c1-5-26(6-2)35-33(41)36-27-12-15-29(16-13-27)42-30-17-14-28(22-23(30)4)34-31(39)24-8-10-25(11-9-24)32(40)38-20-18-37(7-3)19-21-38/h8-17,22,26H,5-7,18-21H2,1-4H3,(H,34,39)(H2,35,36,41). The molecular weight excluding hydrogens is 530 g/mol. The van der Waals surface area contributed by atoms with Crippen LogP contribution in [0.5, 0.6) is 11.5 Å². The van der Waals surface area contributed by atoms with Crippen molar-refractivity contribution in [3.05, 3.63) is 83.4 Å². The van der Waals surface area contributed by atoms with Gasteiger partial charge < -0.3 is 30.5 Å². The lowest BCUT2D eigenvalue weighted by Gasteiger charge is -2.34. The number of carbonyl (C=O) groups excluding carboxylic acids is 3. The maximum Gasteiger partial charge on any atom is 0.319 e. The predicted octanol–water partition coefficient (Wildman–Crippen LogP) is 6.13. The molecule has 1 saturated heterocycles. The first-order valence-corrected chi connectivity index (χ1v) is 14.7. The van der Waals surface area contributed by atoms with E-state index in [0.29, 0.717) is 47.1 Å². The van der Waals surface area contributed by atoms with Crippen molar-refractivity contribution in [3.63, 3.8) is 0 Å². The lowest BCUT2D eigenvalue weighted by atomic mass is 10.1. The van der Waals surface area contributed by atoms with Crippen LogP contribution < -0.4 is 20.7 Å². The van der Waals surface area contributed by atoms with E-state index in [1.54, 1.807) is 60.7 Å². The number of piperazine rings is 1. The Morgan fingerprint density at radius 3 is 2.00 bits per heavy atom. The van der Waals surface area contributed by atoms with Gasteiger partial charge >= 0.3 is 6.03 Å². The molecule has 1 heterocycles. The molecular formula is C33H41N5O4. The fourth-order valence-corrected chi connectivity index (χ4v) is 4.84. The molecule has 0 aromatic heterocycles. The summed E-state index contributed by atoms with van der Waals surface area (Å²) in [5, 5.41) is 8.71. The van der Waals surface area contributed by atoms with Crippen molar-refractivity contribution in [3.8, 4) is 11.5 Å². The number of nitrogens with one attached hydrogen (secondary N) is 3. The summed E-state index contributed by atoms with van der Waals surface area (Å²) in [6, 6.07) is 19.3. The van der Waals surface area contributed by atoms with Gasteiger partial charge in [0.2, 0.25) is 0 Å². The minimum Gasteiger partial charge on any atom is -0.457 e. The van der Waals surface area contributed by atoms with Gasteiger partial charge in [0.1, 0.15) is 11.5 Å². The molecule has 1 aliphatic rings. The number of amides is 4. The number of nitrogens with zero attached hydrogens (tertiary/aromatic N) is 2. The Bertz CT molecular complexity index is 1360. The molecule has 0 bridgehead atoms. The molecule has 1 fully saturated rings. The van der Waals surface area contributed by atoms with Crippen LogP contribution in [-0.4, -0.2) is 66.4 Å². The van der Waals surface area contributed by atoms with Crippen molar-refractivity contribution in [2.24, 2.45) is 0 Å². The summed E-state index contributed by atoms with van der Waals surface area (Å²) >= 11 is 0. The van der Waals surface area contributed by atoms with Crippen LogP contribution in [0.3, 0.4) is 0 Å². The molecule has 3 aromatic rings. The van der Waals surface area contributed by atoms with Gasteiger partial charge in [-0.05, 0) is 98.6 Å². The first kappa shape index (κ1) is 30.6. The van der Waals surface area contributed by atoms with Crippen molar-refractivity contribution in [2.45, 2.75) is 46.6 Å². The molecule has 0 saturated carbocycles. The van der Waals surface area contributed by atoms with Crippen LogP contribution in [-0.2, 0) is 0 Å². The fourth-order valence-electron chi connectivity index (χ4n) is 4.84. The summed E-state index contributed by atoms with van der Waals surface area (Å²) in [5.41, 5.74) is 3.23. The van der Waals surface area contributed by atoms with Crippen LogP contribution in [0.25, 0.3) is 0 Å². The summed E-state index contributed by atoms with van der Waals surface area (Å²) in [6.07, 6.45) is 1.76. The van der Waals surface area contributed by atoms with E-state index in [4.69, 9.17) is 4.74 Å². The van der Waals surface area contributed by atoms with Crippen LogP contribution in [0.1, 0.15) is 59.9 Å². The Morgan fingerprint density at radius 1 is 0.786 bits per heavy atom. The van der Waals surface area contributed by atoms with Crippen LogP contribution in [0.2, 0.25) is 0 Å². The van der Waals surface area contributed by atoms with E-state index >= 15 is 0 Å². The molecule has 3 N–H and O–H groups in total. The average Bonchev–Trinajstić information content (AvgIpc) is 3.01. The maximum atomic E-state index is 12.9. The van der Waals surface area contributed by atoms with Gasteiger partial charge in [0.25, 0.3) is 11.8 Å². The normalized spacial score (nSPS) is 13.5. The highest BCUT2D eigenvalue weighted by molar-refractivity contribution is 6.05. The molecule has 42 heavy (non-hydrogen) atoms. The van der Waals surface area contributed by atoms with Gasteiger partial charge in [-0.15, -0.1) is 0 Å². The number of hydrogen-bond donors (Lipinski definition) is 3. The maximum absolute atomic E-state index is 12.9. The lowest BCUT2D eigenvalue weighted by molar-refractivity contribution is 0.0643. The highest BCUT2D eigenvalue weighted by atomic mass is 16.5. The summed E-state index contributed by atoms with van der Waals surface area (Å²) in [7, 11) is 0. The zero-order valence-corrected chi connectivity index (χ0v) is 24.9. The topological polar surface area (TPSA) is 103 Å². The average molecular weight is 572 g/mol. The van der Waals surface area contributed by atoms with E-state index in [-0.39, 0.29) is 23.9 Å². The molecule has 3 aromatic carbocycles. The van der Waals surface area contributed by atoms with Crippen molar-refractivity contribution in [1.29, 1.82) is 0 Å². The third kappa shape index (κ3) is 8.10. The second kappa shape index (κ2) is 14.5. The first-order valence-electron chi connectivity index (χ1n) is 14.7. The predicted molar refractivity (Wildman–Crippen MR) is 167 cm³/mol. The number of carbonyl (C=O) groups is 3. The van der Waals surface area contributed by atoms with Gasteiger partial charge in [0.15, 0.2) is 0 Å². The van der Waals surface area contributed by atoms with Gasteiger partial charge in [-0.25, -0.2) is 4.79 Å². The molecule has 4 amide bonds. The van der Waals surface area contributed by atoms with E-state index < -0.39 is 0 Å². The van der Waals surface area contributed by atoms with E-state index in [1.807, 2.05) is 31.7 Å². The fraction of sp³-hybridized carbons (Fsp3) is 0.364. The largest absolute Gasteiger partial charge is 0.457 e. The van der Waals surface area contributed by atoms with Crippen molar-refractivity contribution in [1.82, 2.24) is 15.1 Å². The van der Waals surface area contributed by atoms with E-state index in [9.17, 15) is 14.4 Å². The second-order valence-electron chi connectivity index (χ2n) is 10.5. The number of aryl methyl sites for hydroxylation is 1. The molecule has 1 aliphatic heterocycles. The van der Waals surface area contributed by atoms with Crippen molar-refractivity contribution in [2.75, 3.05) is 43.4 Å². The zero-order chi connectivity index (χ0) is 30.1. The lowest BCUT2D eigenvalue weighted by Crippen LogP contribution is -2.48. The Hall–Kier alpha value is -4.37. The summed E-state index contributed by atoms with van der Waals surface area (Å²) < 4.78 is 6.03. The Balaban J connectivity index is 1.30. The summed E-state index contributed by atoms with van der Waals surface area (Å²) in [5.74, 6) is 1.03. The third-order valence-corrected chi connectivity index (χ3v) is 7.59. The summed E-state index contributed by atoms with van der Waals surface area (Å²) in [4.78, 5) is 42.1. The highest BCUT2D eigenvalue weighted by Gasteiger charge is 2.21. The second-order valence-corrected chi connectivity index (χ2v) is 10.5. The molecule has 0 aliphatic carbocycles. The number of urea groups is 1. The minimum absolute atomic E-state index is 0.00240. The van der Waals surface area contributed by atoms with E-state index in [2.05, 4.69) is 27.8 Å². The smallest absolute Gasteiger partial charge is 0.319 e. The van der Waals surface area contributed by atoms with Gasteiger partial charge in [0.05, 0.1) is 0 Å². The van der Waals surface area contributed by atoms with Gasteiger partial charge in [0, 0.05) is 54.7 Å². The number of benzene rings is 3. The monoisotopic (exact) mass is 571 g/mol. The van der Waals surface area contributed by atoms with E-state index in [1.165, 1.54) is 0 Å². The number of hydrogen-bond acceptors (Lipinski definition) is 5. The first-order chi connectivity index (χ1) is 20.3. The molecule has 0 unspecified atom stereocenters. The van der Waals surface area contributed by atoms with Crippen LogP contribution >= 0.6 is 0 Å².